The standard InChI is InChI=1S/C14H16IN3O2/c1-10-13(9-17(2)16-10)14(19)18(20-3)8-11-5-4-6-12(15)7-11/h4-7,9H,8H2,1-3H3. The van der Waals surface area contributed by atoms with E-state index in [4.69, 9.17) is 4.84 Å². The molecule has 0 aliphatic rings. The molecule has 1 aromatic carbocycles. The van der Waals surface area contributed by atoms with Crippen LogP contribution in [0, 0.1) is 10.5 Å². The number of hydrogen-bond acceptors (Lipinski definition) is 3. The van der Waals surface area contributed by atoms with Crippen LogP contribution in [0.3, 0.4) is 0 Å². The molecule has 20 heavy (non-hydrogen) atoms. The van der Waals surface area contributed by atoms with Crippen molar-refractivity contribution in [3.8, 4) is 0 Å². The molecule has 0 aliphatic carbocycles. The molecular formula is C14H16IN3O2. The summed E-state index contributed by atoms with van der Waals surface area (Å²) in [4.78, 5) is 17.7. The summed E-state index contributed by atoms with van der Waals surface area (Å²) in [5.41, 5.74) is 2.27. The first-order valence-electron chi connectivity index (χ1n) is 6.12. The minimum absolute atomic E-state index is 0.183. The molecule has 0 bridgehead atoms. The number of carbonyl (C=O) groups is 1. The Bertz CT molecular complexity index is 625. The molecule has 1 heterocycles. The first-order valence-corrected chi connectivity index (χ1v) is 7.20. The Hall–Kier alpha value is -1.41. The van der Waals surface area contributed by atoms with E-state index < -0.39 is 0 Å². The van der Waals surface area contributed by atoms with Gasteiger partial charge in [-0.05, 0) is 47.2 Å². The van der Waals surface area contributed by atoms with E-state index in [1.165, 1.54) is 12.2 Å². The van der Waals surface area contributed by atoms with E-state index in [-0.39, 0.29) is 5.91 Å². The minimum Gasteiger partial charge on any atom is -0.275 e. The molecule has 0 unspecified atom stereocenters. The predicted octanol–water partition coefficient (Wildman–Crippen LogP) is 2.54. The Morgan fingerprint density at radius 2 is 2.25 bits per heavy atom. The third-order valence-electron chi connectivity index (χ3n) is 2.91. The molecule has 6 heteroatoms. The number of carbonyl (C=O) groups excluding carboxylic acids is 1. The molecule has 0 spiro atoms. The Morgan fingerprint density at radius 3 is 2.80 bits per heavy atom. The second-order valence-corrected chi connectivity index (χ2v) is 5.70. The van der Waals surface area contributed by atoms with Crippen molar-refractivity contribution < 1.29 is 9.63 Å². The molecule has 0 N–H and O–H groups in total. The number of hydroxylamine groups is 2. The van der Waals surface area contributed by atoms with Crippen molar-refractivity contribution in [1.82, 2.24) is 14.8 Å². The maximum atomic E-state index is 12.4. The van der Waals surface area contributed by atoms with Gasteiger partial charge in [-0.2, -0.15) is 5.10 Å². The average Bonchev–Trinajstić information content (AvgIpc) is 2.74. The van der Waals surface area contributed by atoms with Crippen molar-refractivity contribution >= 4 is 28.5 Å². The number of nitrogens with zero attached hydrogens (tertiary/aromatic N) is 3. The molecule has 1 aromatic heterocycles. The topological polar surface area (TPSA) is 47.4 Å². The lowest BCUT2D eigenvalue weighted by Crippen LogP contribution is -2.29. The van der Waals surface area contributed by atoms with Crippen LogP contribution < -0.4 is 0 Å². The van der Waals surface area contributed by atoms with Gasteiger partial charge < -0.3 is 0 Å². The fraction of sp³-hybridized carbons (Fsp3) is 0.286. The van der Waals surface area contributed by atoms with Crippen molar-refractivity contribution in [2.45, 2.75) is 13.5 Å². The van der Waals surface area contributed by atoms with E-state index >= 15 is 0 Å². The van der Waals surface area contributed by atoms with Crippen LogP contribution in [0.15, 0.2) is 30.5 Å². The van der Waals surface area contributed by atoms with E-state index in [1.54, 1.807) is 17.9 Å². The maximum absolute atomic E-state index is 12.4. The highest BCUT2D eigenvalue weighted by atomic mass is 127. The predicted molar refractivity (Wildman–Crippen MR) is 84.0 cm³/mol. The van der Waals surface area contributed by atoms with Crippen LogP contribution in [0.5, 0.6) is 0 Å². The van der Waals surface area contributed by atoms with Gasteiger partial charge in [0, 0.05) is 16.8 Å². The summed E-state index contributed by atoms with van der Waals surface area (Å²) < 4.78 is 2.75. The molecule has 2 aromatic rings. The van der Waals surface area contributed by atoms with Crippen LogP contribution >= 0.6 is 22.6 Å². The van der Waals surface area contributed by atoms with Crippen molar-refractivity contribution in [2.24, 2.45) is 7.05 Å². The van der Waals surface area contributed by atoms with E-state index in [0.717, 1.165) is 9.13 Å². The summed E-state index contributed by atoms with van der Waals surface area (Å²) in [6, 6.07) is 7.96. The van der Waals surface area contributed by atoms with Crippen LogP contribution in [-0.4, -0.2) is 27.9 Å². The van der Waals surface area contributed by atoms with Gasteiger partial charge in [0.25, 0.3) is 5.91 Å². The zero-order valence-electron chi connectivity index (χ0n) is 11.6. The van der Waals surface area contributed by atoms with Gasteiger partial charge in [0.15, 0.2) is 0 Å². The number of aromatic nitrogens is 2. The highest BCUT2D eigenvalue weighted by Crippen LogP contribution is 2.14. The smallest absolute Gasteiger partial charge is 0.275 e. The number of aryl methyl sites for hydroxylation is 2. The zero-order chi connectivity index (χ0) is 14.7. The Kier molecular flexibility index (Phi) is 4.77. The normalized spacial score (nSPS) is 10.6. The molecule has 2 rings (SSSR count). The average molecular weight is 385 g/mol. The Morgan fingerprint density at radius 1 is 1.50 bits per heavy atom. The second-order valence-electron chi connectivity index (χ2n) is 4.46. The highest BCUT2D eigenvalue weighted by molar-refractivity contribution is 14.1. The van der Waals surface area contributed by atoms with Crippen molar-refractivity contribution in [3.05, 3.63) is 50.9 Å². The molecule has 5 nitrogen and oxygen atoms in total. The number of benzene rings is 1. The third kappa shape index (κ3) is 3.37. The van der Waals surface area contributed by atoms with E-state index in [9.17, 15) is 4.79 Å². The van der Waals surface area contributed by atoms with Gasteiger partial charge in [0.05, 0.1) is 24.9 Å². The molecule has 106 valence electrons. The lowest BCUT2D eigenvalue weighted by Gasteiger charge is -2.19. The van der Waals surface area contributed by atoms with E-state index in [0.29, 0.717) is 17.8 Å². The van der Waals surface area contributed by atoms with Crippen molar-refractivity contribution in [2.75, 3.05) is 7.11 Å². The molecular weight excluding hydrogens is 369 g/mol. The van der Waals surface area contributed by atoms with E-state index in [1.807, 2.05) is 31.2 Å². The molecule has 1 amide bonds. The summed E-state index contributed by atoms with van der Waals surface area (Å²) in [6.07, 6.45) is 1.71. The molecule has 0 saturated carbocycles. The fourth-order valence-electron chi connectivity index (χ4n) is 1.96. The fourth-order valence-corrected chi connectivity index (χ4v) is 2.57. The molecule has 0 radical (unpaired) electrons. The summed E-state index contributed by atoms with van der Waals surface area (Å²) >= 11 is 2.24. The summed E-state index contributed by atoms with van der Waals surface area (Å²) in [5, 5.41) is 5.53. The summed E-state index contributed by atoms with van der Waals surface area (Å²) in [7, 11) is 3.29. The van der Waals surface area contributed by atoms with Crippen molar-refractivity contribution in [3.63, 3.8) is 0 Å². The van der Waals surface area contributed by atoms with Gasteiger partial charge in [0.2, 0.25) is 0 Å². The van der Waals surface area contributed by atoms with Gasteiger partial charge >= 0.3 is 0 Å². The molecule has 0 saturated heterocycles. The largest absolute Gasteiger partial charge is 0.281 e. The number of hydrogen-bond donors (Lipinski definition) is 0. The highest BCUT2D eigenvalue weighted by Gasteiger charge is 2.20. The van der Waals surface area contributed by atoms with Gasteiger partial charge in [-0.3, -0.25) is 14.3 Å². The van der Waals surface area contributed by atoms with Crippen LogP contribution in [0.25, 0.3) is 0 Å². The maximum Gasteiger partial charge on any atom is 0.281 e. The third-order valence-corrected chi connectivity index (χ3v) is 3.58. The monoisotopic (exact) mass is 385 g/mol. The van der Waals surface area contributed by atoms with Gasteiger partial charge in [-0.25, -0.2) is 5.06 Å². The Balaban J connectivity index is 2.20. The second kappa shape index (κ2) is 6.36. The lowest BCUT2D eigenvalue weighted by molar-refractivity contribution is -0.102. The van der Waals surface area contributed by atoms with Gasteiger partial charge in [-0.15, -0.1) is 0 Å². The molecule has 0 aliphatic heterocycles. The summed E-state index contributed by atoms with van der Waals surface area (Å²) in [5.74, 6) is -0.183. The van der Waals surface area contributed by atoms with Crippen molar-refractivity contribution in [1.29, 1.82) is 0 Å². The van der Waals surface area contributed by atoms with Gasteiger partial charge in [-0.1, -0.05) is 12.1 Å². The zero-order valence-corrected chi connectivity index (χ0v) is 13.8. The SMILES string of the molecule is CON(Cc1cccc(I)c1)C(=O)c1cn(C)nc1C. The summed E-state index contributed by atoms with van der Waals surface area (Å²) in [6.45, 7) is 2.22. The first kappa shape index (κ1) is 15.0. The quantitative estimate of drug-likeness (QED) is 0.601. The lowest BCUT2D eigenvalue weighted by atomic mass is 10.2. The van der Waals surface area contributed by atoms with E-state index in [2.05, 4.69) is 27.7 Å². The number of rotatable bonds is 4. The molecule has 0 atom stereocenters. The van der Waals surface area contributed by atoms with Crippen LogP contribution in [0.1, 0.15) is 21.6 Å². The minimum atomic E-state index is -0.183. The van der Waals surface area contributed by atoms with Crippen LogP contribution in [0.4, 0.5) is 0 Å². The Labute approximate surface area is 131 Å². The number of halogens is 1. The number of amides is 1. The van der Waals surface area contributed by atoms with Crippen LogP contribution in [0.2, 0.25) is 0 Å². The molecule has 0 fully saturated rings. The first-order chi connectivity index (χ1) is 9.51. The van der Waals surface area contributed by atoms with Gasteiger partial charge in [0.1, 0.15) is 0 Å². The van der Waals surface area contributed by atoms with Crippen LogP contribution in [-0.2, 0) is 18.4 Å².